The van der Waals surface area contributed by atoms with Gasteiger partial charge in [-0.05, 0) is 24.3 Å². The summed E-state index contributed by atoms with van der Waals surface area (Å²) in [6, 6.07) is 6.81. The molecule has 0 atom stereocenters. The summed E-state index contributed by atoms with van der Waals surface area (Å²) in [4.78, 5) is 16.0. The van der Waals surface area contributed by atoms with Crippen LogP contribution < -0.4 is 0 Å². The van der Waals surface area contributed by atoms with Gasteiger partial charge in [-0.15, -0.1) is 0 Å². The lowest BCUT2D eigenvalue weighted by Gasteiger charge is -2.18. The molecular weight excluding hydrogens is 257 g/mol. The Hall–Kier alpha value is -1.98. The van der Waals surface area contributed by atoms with Crippen molar-refractivity contribution in [3.05, 3.63) is 36.0 Å². The van der Waals surface area contributed by atoms with E-state index in [9.17, 15) is 18.0 Å². The van der Waals surface area contributed by atoms with Gasteiger partial charge in [0.15, 0.2) is 0 Å². The van der Waals surface area contributed by atoms with Gasteiger partial charge in [0, 0.05) is 36.3 Å². The molecule has 1 amide bonds. The highest BCUT2D eigenvalue weighted by Gasteiger charge is 2.28. The first kappa shape index (κ1) is 13.5. The lowest BCUT2D eigenvalue weighted by atomic mass is 10.1. The number of carbonyl (C=O) groups excluding carboxylic acids is 1. The SMILES string of the molecule is CN(CCC(F)(F)F)C(=O)c1ccc2[nH]ccc2c1. The summed E-state index contributed by atoms with van der Waals surface area (Å²) < 4.78 is 36.3. The van der Waals surface area contributed by atoms with E-state index in [2.05, 4.69) is 4.98 Å². The van der Waals surface area contributed by atoms with Crippen LogP contribution in [0.5, 0.6) is 0 Å². The number of carbonyl (C=O) groups is 1. The average Bonchev–Trinajstić information content (AvgIpc) is 2.81. The van der Waals surface area contributed by atoms with Gasteiger partial charge in [-0.3, -0.25) is 4.79 Å². The lowest BCUT2D eigenvalue weighted by Crippen LogP contribution is -2.30. The van der Waals surface area contributed by atoms with Crippen LogP contribution in [0.1, 0.15) is 16.8 Å². The molecule has 0 radical (unpaired) electrons. The van der Waals surface area contributed by atoms with Crippen molar-refractivity contribution >= 4 is 16.8 Å². The number of aromatic amines is 1. The van der Waals surface area contributed by atoms with Gasteiger partial charge in [0.2, 0.25) is 0 Å². The van der Waals surface area contributed by atoms with Crippen LogP contribution in [0.3, 0.4) is 0 Å². The van der Waals surface area contributed by atoms with Crippen LogP contribution in [-0.2, 0) is 0 Å². The van der Waals surface area contributed by atoms with Gasteiger partial charge in [-0.2, -0.15) is 13.2 Å². The maximum atomic E-state index is 12.1. The van der Waals surface area contributed by atoms with Gasteiger partial charge in [0.1, 0.15) is 0 Å². The van der Waals surface area contributed by atoms with Crippen LogP contribution in [0.2, 0.25) is 0 Å². The molecule has 19 heavy (non-hydrogen) atoms. The zero-order valence-electron chi connectivity index (χ0n) is 10.3. The molecule has 0 fully saturated rings. The van der Waals surface area contributed by atoms with Gasteiger partial charge in [-0.1, -0.05) is 0 Å². The van der Waals surface area contributed by atoms with E-state index in [0.717, 1.165) is 15.8 Å². The van der Waals surface area contributed by atoms with Gasteiger partial charge in [0.05, 0.1) is 6.42 Å². The number of nitrogens with zero attached hydrogens (tertiary/aromatic N) is 1. The second-order valence-electron chi connectivity index (χ2n) is 4.37. The molecule has 0 unspecified atom stereocenters. The van der Waals surface area contributed by atoms with E-state index in [0.29, 0.717) is 5.56 Å². The molecule has 3 nitrogen and oxygen atoms in total. The Bertz CT molecular complexity index is 589. The van der Waals surface area contributed by atoms with Crippen molar-refractivity contribution in [2.24, 2.45) is 0 Å². The predicted octanol–water partition coefficient (Wildman–Crippen LogP) is 3.19. The lowest BCUT2D eigenvalue weighted by molar-refractivity contribution is -0.136. The normalized spacial score (nSPS) is 11.8. The zero-order valence-corrected chi connectivity index (χ0v) is 10.3. The van der Waals surface area contributed by atoms with Crippen molar-refractivity contribution in [1.29, 1.82) is 0 Å². The third-order valence-electron chi connectivity index (χ3n) is 2.88. The number of benzene rings is 1. The number of fused-ring (bicyclic) bond motifs is 1. The van der Waals surface area contributed by atoms with Gasteiger partial charge < -0.3 is 9.88 Å². The smallest absolute Gasteiger partial charge is 0.361 e. The summed E-state index contributed by atoms with van der Waals surface area (Å²) >= 11 is 0. The second-order valence-corrected chi connectivity index (χ2v) is 4.37. The Morgan fingerprint density at radius 2 is 2.05 bits per heavy atom. The average molecular weight is 270 g/mol. The molecule has 2 rings (SSSR count). The van der Waals surface area contributed by atoms with Gasteiger partial charge >= 0.3 is 6.18 Å². The molecule has 0 aliphatic carbocycles. The maximum absolute atomic E-state index is 12.1. The van der Waals surface area contributed by atoms with Crippen molar-refractivity contribution in [3.63, 3.8) is 0 Å². The highest BCUT2D eigenvalue weighted by molar-refractivity contribution is 5.97. The Morgan fingerprint density at radius 3 is 2.74 bits per heavy atom. The summed E-state index contributed by atoms with van der Waals surface area (Å²) in [5, 5.41) is 0.857. The Labute approximate surface area is 108 Å². The fourth-order valence-corrected chi connectivity index (χ4v) is 1.80. The van der Waals surface area contributed by atoms with Crippen molar-refractivity contribution in [3.8, 4) is 0 Å². The van der Waals surface area contributed by atoms with E-state index in [1.54, 1.807) is 24.4 Å². The van der Waals surface area contributed by atoms with Gasteiger partial charge in [0.25, 0.3) is 5.91 Å². The van der Waals surface area contributed by atoms with E-state index in [4.69, 9.17) is 0 Å². The fourth-order valence-electron chi connectivity index (χ4n) is 1.80. The van der Waals surface area contributed by atoms with E-state index in [-0.39, 0.29) is 6.54 Å². The number of aromatic nitrogens is 1. The molecule has 0 spiro atoms. The number of hydrogen-bond donors (Lipinski definition) is 1. The topological polar surface area (TPSA) is 36.1 Å². The number of nitrogens with one attached hydrogen (secondary N) is 1. The van der Waals surface area contributed by atoms with Crippen LogP contribution in [0.15, 0.2) is 30.5 Å². The fraction of sp³-hybridized carbons (Fsp3) is 0.308. The Morgan fingerprint density at radius 1 is 1.32 bits per heavy atom. The van der Waals surface area contributed by atoms with Gasteiger partial charge in [-0.25, -0.2) is 0 Å². The maximum Gasteiger partial charge on any atom is 0.390 e. The molecule has 1 N–H and O–H groups in total. The summed E-state index contributed by atoms with van der Waals surface area (Å²) in [5.74, 6) is -0.410. The molecule has 2 aromatic rings. The minimum absolute atomic E-state index is 0.340. The molecule has 1 aromatic heterocycles. The van der Waals surface area contributed by atoms with Crippen LogP contribution in [0.4, 0.5) is 13.2 Å². The Balaban J connectivity index is 2.09. The van der Waals surface area contributed by atoms with E-state index < -0.39 is 18.5 Å². The number of H-pyrrole nitrogens is 1. The molecular formula is C13H13F3N2O. The van der Waals surface area contributed by atoms with Crippen LogP contribution >= 0.6 is 0 Å². The highest BCUT2D eigenvalue weighted by Crippen LogP contribution is 2.20. The largest absolute Gasteiger partial charge is 0.390 e. The molecule has 0 aliphatic heterocycles. The number of alkyl halides is 3. The quantitative estimate of drug-likeness (QED) is 0.913. The first-order valence-corrected chi connectivity index (χ1v) is 5.76. The van der Waals surface area contributed by atoms with Crippen LogP contribution in [0.25, 0.3) is 10.9 Å². The summed E-state index contributed by atoms with van der Waals surface area (Å²) in [6.07, 6.45) is -3.51. The van der Waals surface area contributed by atoms with E-state index >= 15 is 0 Å². The summed E-state index contributed by atoms with van der Waals surface area (Å²) in [6.45, 7) is -0.340. The number of rotatable bonds is 3. The molecule has 0 bridgehead atoms. The predicted molar refractivity (Wildman–Crippen MR) is 65.9 cm³/mol. The summed E-state index contributed by atoms with van der Waals surface area (Å²) in [5.41, 5.74) is 1.27. The summed E-state index contributed by atoms with van der Waals surface area (Å²) in [7, 11) is 1.37. The number of halogens is 3. The van der Waals surface area contributed by atoms with E-state index in [1.165, 1.54) is 7.05 Å². The van der Waals surface area contributed by atoms with Crippen LogP contribution in [0, 0.1) is 0 Å². The highest BCUT2D eigenvalue weighted by atomic mass is 19.4. The Kier molecular flexibility index (Phi) is 3.50. The van der Waals surface area contributed by atoms with Crippen molar-refractivity contribution in [2.45, 2.75) is 12.6 Å². The molecule has 0 saturated carbocycles. The van der Waals surface area contributed by atoms with Crippen molar-refractivity contribution in [2.75, 3.05) is 13.6 Å². The molecule has 0 aliphatic rings. The standard InChI is InChI=1S/C13H13F3N2O/c1-18(7-5-13(14,15)16)12(19)10-2-3-11-9(8-10)4-6-17-11/h2-4,6,8,17H,5,7H2,1H3. The monoisotopic (exact) mass is 270 g/mol. The van der Waals surface area contributed by atoms with E-state index in [1.807, 2.05) is 6.07 Å². The second kappa shape index (κ2) is 4.95. The number of hydrogen-bond acceptors (Lipinski definition) is 1. The first-order valence-electron chi connectivity index (χ1n) is 5.76. The first-order chi connectivity index (χ1) is 8.87. The molecule has 1 aromatic carbocycles. The molecule has 6 heteroatoms. The third kappa shape index (κ3) is 3.27. The molecule has 1 heterocycles. The van der Waals surface area contributed by atoms with Crippen LogP contribution in [-0.4, -0.2) is 35.6 Å². The van der Waals surface area contributed by atoms with Crippen molar-refractivity contribution in [1.82, 2.24) is 9.88 Å². The number of amides is 1. The molecule has 0 saturated heterocycles. The third-order valence-corrected chi connectivity index (χ3v) is 2.88. The molecule has 102 valence electrons. The zero-order chi connectivity index (χ0) is 14.0. The minimum atomic E-state index is -4.25. The van der Waals surface area contributed by atoms with Crippen molar-refractivity contribution < 1.29 is 18.0 Å². The minimum Gasteiger partial charge on any atom is -0.361 e.